The molecule has 2 heterocycles. The van der Waals surface area contributed by atoms with Gasteiger partial charge in [-0.1, -0.05) is 24.0 Å². The van der Waals surface area contributed by atoms with E-state index in [-0.39, 0.29) is 5.91 Å². The van der Waals surface area contributed by atoms with E-state index in [9.17, 15) is 4.79 Å². The minimum atomic E-state index is -0.128. The first-order chi connectivity index (χ1) is 6.75. The third-order valence-corrected chi connectivity index (χ3v) is 2.81. The average molecular weight is 222 g/mol. The molecule has 0 aliphatic carbocycles. The lowest BCUT2D eigenvalue weighted by molar-refractivity contribution is -0.115. The van der Waals surface area contributed by atoms with Gasteiger partial charge < -0.3 is 5.32 Å². The van der Waals surface area contributed by atoms with Crippen molar-refractivity contribution in [3.63, 3.8) is 0 Å². The first kappa shape index (κ1) is 9.36. The highest BCUT2D eigenvalue weighted by Gasteiger charge is 2.21. The third-order valence-electron chi connectivity index (χ3n) is 1.65. The molecule has 1 aliphatic rings. The highest BCUT2D eigenvalue weighted by Crippen LogP contribution is 2.25. The number of thioether (sulfide) groups is 1. The van der Waals surface area contributed by atoms with E-state index < -0.39 is 0 Å². The van der Waals surface area contributed by atoms with Crippen LogP contribution in [0, 0.1) is 0 Å². The fourth-order valence-corrected chi connectivity index (χ4v) is 2.08. The molecule has 1 amide bonds. The highest BCUT2D eigenvalue weighted by molar-refractivity contribution is 8.26. The zero-order valence-corrected chi connectivity index (χ0v) is 8.69. The van der Waals surface area contributed by atoms with Crippen molar-refractivity contribution in [2.45, 2.75) is 0 Å². The van der Waals surface area contributed by atoms with Gasteiger partial charge in [-0.2, -0.15) is 0 Å². The van der Waals surface area contributed by atoms with E-state index in [0.29, 0.717) is 9.23 Å². The lowest BCUT2D eigenvalue weighted by atomic mass is 10.2. The lowest BCUT2D eigenvalue weighted by Gasteiger charge is -1.92. The lowest BCUT2D eigenvalue weighted by Crippen LogP contribution is -2.17. The summed E-state index contributed by atoms with van der Waals surface area (Å²) in [4.78, 5) is 15.8. The van der Waals surface area contributed by atoms with Gasteiger partial charge in [-0.05, 0) is 23.8 Å². The molecule has 0 unspecified atom stereocenters. The van der Waals surface area contributed by atoms with Gasteiger partial charge in [0.15, 0.2) is 0 Å². The molecule has 1 aliphatic heterocycles. The van der Waals surface area contributed by atoms with Gasteiger partial charge in [0.25, 0.3) is 5.91 Å². The summed E-state index contributed by atoms with van der Waals surface area (Å²) in [7, 11) is 0. The second-order valence-electron chi connectivity index (χ2n) is 2.63. The minimum Gasteiger partial charge on any atom is -0.307 e. The van der Waals surface area contributed by atoms with Gasteiger partial charge in [-0.3, -0.25) is 9.78 Å². The molecule has 5 heteroatoms. The second-order valence-corrected chi connectivity index (χ2v) is 4.35. The Morgan fingerprint density at radius 2 is 2.14 bits per heavy atom. The Morgan fingerprint density at radius 1 is 1.43 bits per heavy atom. The summed E-state index contributed by atoms with van der Waals surface area (Å²) < 4.78 is 0.510. The number of hydrogen-bond acceptors (Lipinski definition) is 4. The van der Waals surface area contributed by atoms with E-state index >= 15 is 0 Å². The number of amides is 1. The zero-order chi connectivity index (χ0) is 9.97. The molecule has 0 radical (unpaired) electrons. The quantitative estimate of drug-likeness (QED) is 0.578. The predicted molar refractivity (Wildman–Crippen MR) is 60.5 cm³/mol. The number of thiocarbonyl (C=S) groups is 1. The van der Waals surface area contributed by atoms with Gasteiger partial charge in [-0.15, -0.1) is 0 Å². The molecule has 0 aromatic carbocycles. The summed E-state index contributed by atoms with van der Waals surface area (Å²) in [5.74, 6) is -0.128. The molecule has 2 rings (SSSR count). The van der Waals surface area contributed by atoms with E-state index in [4.69, 9.17) is 12.2 Å². The van der Waals surface area contributed by atoms with Crippen LogP contribution in [-0.4, -0.2) is 15.2 Å². The summed E-state index contributed by atoms with van der Waals surface area (Å²) in [6.07, 6.45) is 5.16. The SMILES string of the molecule is O=C1NC(=S)SC1=Cc1ccncc1. The van der Waals surface area contributed by atoms with Crippen LogP contribution < -0.4 is 5.32 Å². The van der Waals surface area contributed by atoms with Crippen molar-refractivity contribution in [1.82, 2.24) is 10.3 Å². The molecule has 0 spiro atoms. The van der Waals surface area contributed by atoms with E-state index in [2.05, 4.69) is 10.3 Å². The Morgan fingerprint density at radius 3 is 2.71 bits per heavy atom. The average Bonchev–Trinajstić information content (AvgIpc) is 2.47. The van der Waals surface area contributed by atoms with Crippen molar-refractivity contribution in [2.75, 3.05) is 0 Å². The monoisotopic (exact) mass is 222 g/mol. The standard InChI is InChI=1S/C9H6N2OS2/c12-8-7(14-9(13)11-8)5-6-1-3-10-4-2-6/h1-5H,(H,11,12,13). The molecule has 1 fully saturated rings. The number of hydrogen-bond donors (Lipinski definition) is 1. The molecule has 0 saturated carbocycles. The highest BCUT2D eigenvalue weighted by atomic mass is 32.2. The number of aromatic nitrogens is 1. The Labute approximate surface area is 90.6 Å². The summed E-state index contributed by atoms with van der Waals surface area (Å²) >= 11 is 6.15. The van der Waals surface area contributed by atoms with E-state index in [1.807, 2.05) is 12.1 Å². The van der Waals surface area contributed by atoms with Gasteiger partial charge in [0, 0.05) is 12.4 Å². The zero-order valence-electron chi connectivity index (χ0n) is 7.06. The third kappa shape index (κ3) is 2.00. The van der Waals surface area contributed by atoms with Crippen molar-refractivity contribution in [3.8, 4) is 0 Å². The van der Waals surface area contributed by atoms with Gasteiger partial charge >= 0.3 is 0 Å². The van der Waals surface area contributed by atoms with Crippen LogP contribution in [0.1, 0.15) is 5.56 Å². The molecular weight excluding hydrogens is 216 g/mol. The van der Waals surface area contributed by atoms with Crippen LogP contribution in [0.5, 0.6) is 0 Å². The molecule has 1 N–H and O–H groups in total. The minimum absolute atomic E-state index is 0.128. The number of carbonyl (C=O) groups is 1. The molecule has 0 atom stereocenters. The topological polar surface area (TPSA) is 42.0 Å². The molecule has 0 bridgehead atoms. The molecule has 14 heavy (non-hydrogen) atoms. The van der Waals surface area contributed by atoms with Crippen molar-refractivity contribution < 1.29 is 4.79 Å². The van der Waals surface area contributed by atoms with Crippen LogP contribution in [0.4, 0.5) is 0 Å². The summed E-state index contributed by atoms with van der Waals surface area (Å²) in [5, 5.41) is 2.56. The number of carbonyl (C=O) groups excluding carboxylic acids is 1. The molecule has 1 aromatic heterocycles. The molecule has 1 saturated heterocycles. The number of nitrogens with one attached hydrogen (secondary N) is 1. The van der Waals surface area contributed by atoms with Gasteiger partial charge in [0.2, 0.25) is 0 Å². The number of rotatable bonds is 1. The van der Waals surface area contributed by atoms with Crippen molar-refractivity contribution in [2.24, 2.45) is 0 Å². The molecule has 70 valence electrons. The summed E-state index contributed by atoms with van der Waals surface area (Å²) in [6.45, 7) is 0. The van der Waals surface area contributed by atoms with Crippen molar-refractivity contribution >= 4 is 40.3 Å². The number of nitrogens with zero attached hydrogens (tertiary/aromatic N) is 1. The van der Waals surface area contributed by atoms with Crippen LogP contribution in [-0.2, 0) is 4.79 Å². The van der Waals surface area contributed by atoms with Crippen LogP contribution in [0.3, 0.4) is 0 Å². The number of pyridine rings is 1. The Kier molecular flexibility index (Phi) is 2.60. The molecule has 1 aromatic rings. The Hall–Kier alpha value is -1.20. The summed E-state index contributed by atoms with van der Waals surface area (Å²) in [6, 6.07) is 3.67. The van der Waals surface area contributed by atoms with Crippen LogP contribution in [0.15, 0.2) is 29.4 Å². The van der Waals surface area contributed by atoms with E-state index in [1.54, 1.807) is 18.5 Å². The predicted octanol–water partition coefficient (Wildman–Crippen LogP) is 1.57. The fourth-order valence-electron chi connectivity index (χ4n) is 1.03. The van der Waals surface area contributed by atoms with E-state index in [1.165, 1.54) is 11.8 Å². The maximum absolute atomic E-state index is 11.3. The Balaban J connectivity index is 2.28. The molecular formula is C9H6N2OS2. The normalized spacial score (nSPS) is 18.7. The van der Waals surface area contributed by atoms with Crippen molar-refractivity contribution in [1.29, 1.82) is 0 Å². The maximum Gasteiger partial charge on any atom is 0.263 e. The van der Waals surface area contributed by atoms with Crippen molar-refractivity contribution in [3.05, 3.63) is 35.0 Å². The first-order valence-electron chi connectivity index (χ1n) is 3.90. The van der Waals surface area contributed by atoms with Gasteiger partial charge in [-0.25, -0.2) is 0 Å². The van der Waals surface area contributed by atoms with Gasteiger partial charge in [0.1, 0.15) is 4.32 Å². The van der Waals surface area contributed by atoms with Crippen LogP contribution in [0.25, 0.3) is 6.08 Å². The largest absolute Gasteiger partial charge is 0.307 e. The summed E-state index contributed by atoms with van der Waals surface area (Å²) in [5.41, 5.74) is 0.947. The van der Waals surface area contributed by atoms with E-state index in [0.717, 1.165) is 5.56 Å². The molecule has 3 nitrogen and oxygen atoms in total. The fraction of sp³-hybridized carbons (Fsp3) is 0. The first-order valence-corrected chi connectivity index (χ1v) is 5.13. The smallest absolute Gasteiger partial charge is 0.263 e. The maximum atomic E-state index is 11.3. The van der Waals surface area contributed by atoms with Gasteiger partial charge in [0.05, 0.1) is 4.91 Å². The second kappa shape index (κ2) is 3.89. The van der Waals surface area contributed by atoms with Crippen LogP contribution in [0.2, 0.25) is 0 Å². The Bertz CT molecular complexity index is 414. The van der Waals surface area contributed by atoms with Crippen LogP contribution >= 0.6 is 24.0 Å².